The summed E-state index contributed by atoms with van der Waals surface area (Å²) in [6.45, 7) is 2.28. The summed E-state index contributed by atoms with van der Waals surface area (Å²) in [4.78, 5) is 0. The molecule has 1 aromatic carbocycles. The van der Waals surface area contributed by atoms with Gasteiger partial charge in [0.1, 0.15) is 0 Å². The molecule has 0 N–H and O–H groups in total. The van der Waals surface area contributed by atoms with Gasteiger partial charge >= 0.3 is 0 Å². The Kier molecular flexibility index (Phi) is 3.03. The van der Waals surface area contributed by atoms with Gasteiger partial charge in [-0.1, -0.05) is 42.0 Å². The molecule has 0 unspecified atom stereocenters. The Bertz CT molecular complexity index is 308. The van der Waals surface area contributed by atoms with Gasteiger partial charge in [0.25, 0.3) is 0 Å². The van der Waals surface area contributed by atoms with E-state index in [1.54, 1.807) is 5.57 Å². The van der Waals surface area contributed by atoms with Gasteiger partial charge in [-0.05, 0) is 44.1 Å². The van der Waals surface area contributed by atoms with Gasteiger partial charge in [0.15, 0.2) is 0 Å². The average Bonchev–Trinajstić information content (AvgIpc) is 2.63. The molecule has 14 heavy (non-hydrogen) atoms. The fourth-order valence-electron chi connectivity index (χ4n) is 2.26. The fraction of sp³-hybridized carbons (Fsp3) is 0.429. The number of aryl methyl sites for hydroxylation is 1. The Labute approximate surface area is 86.7 Å². The predicted octanol–water partition coefficient (Wildman–Crippen LogP) is 3.98. The Morgan fingerprint density at radius 2 is 2.00 bits per heavy atom. The van der Waals surface area contributed by atoms with E-state index >= 15 is 0 Å². The maximum atomic E-state index is 2.40. The van der Waals surface area contributed by atoms with E-state index < -0.39 is 0 Å². The summed E-state index contributed by atoms with van der Waals surface area (Å²) < 4.78 is 0. The van der Waals surface area contributed by atoms with E-state index in [2.05, 4.69) is 43.3 Å². The minimum Gasteiger partial charge on any atom is -0.0853 e. The van der Waals surface area contributed by atoms with E-state index in [4.69, 9.17) is 0 Å². The molecule has 1 aliphatic carbocycles. The number of hydrogen-bond donors (Lipinski definition) is 0. The average molecular weight is 186 g/mol. The zero-order valence-corrected chi connectivity index (χ0v) is 8.87. The molecule has 0 saturated heterocycles. The van der Waals surface area contributed by atoms with Crippen LogP contribution in [0.25, 0.3) is 0 Å². The third-order valence-electron chi connectivity index (χ3n) is 3.25. The van der Waals surface area contributed by atoms with Crippen LogP contribution >= 0.6 is 0 Å². The maximum absolute atomic E-state index is 2.40. The van der Waals surface area contributed by atoms with Gasteiger partial charge in [-0.3, -0.25) is 0 Å². The van der Waals surface area contributed by atoms with Crippen LogP contribution in [0, 0.1) is 5.92 Å². The molecule has 2 rings (SSSR count). The van der Waals surface area contributed by atoms with Gasteiger partial charge in [0.05, 0.1) is 0 Å². The van der Waals surface area contributed by atoms with Crippen molar-refractivity contribution in [2.45, 2.75) is 32.6 Å². The van der Waals surface area contributed by atoms with Crippen LogP contribution in [0.1, 0.15) is 31.7 Å². The van der Waals surface area contributed by atoms with Crippen LogP contribution in [0.2, 0.25) is 0 Å². The van der Waals surface area contributed by atoms with E-state index in [9.17, 15) is 0 Å². The minimum absolute atomic E-state index is 0.857. The highest BCUT2D eigenvalue weighted by Crippen LogP contribution is 2.29. The second kappa shape index (κ2) is 4.45. The van der Waals surface area contributed by atoms with Crippen molar-refractivity contribution in [2.75, 3.05) is 0 Å². The van der Waals surface area contributed by atoms with Crippen molar-refractivity contribution in [2.24, 2.45) is 5.92 Å². The van der Waals surface area contributed by atoms with E-state index in [0.717, 1.165) is 5.92 Å². The first-order chi connectivity index (χ1) is 6.86. The summed E-state index contributed by atoms with van der Waals surface area (Å²) in [5.41, 5.74) is 3.09. The van der Waals surface area contributed by atoms with Crippen molar-refractivity contribution in [1.29, 1.82) is 0 Å². The number of benzene rings is 1. The zero-order chi connectivity index (χ0) is 9.80. The highest BCUT2D eigenvalue weighted by Gasteiger charge is 2.14. The molecular weight excluding hydrogens is 168 g/mol. The number of allylic oxidation sites excluding steroid dienone is 2. The van der Waals surface area contributed by atoms with Gasteiger partial charge in [0.2, 0.25) is 0 Å². The van der Waals surface area contributed by atoms with Crippen LogP contribution in [0.4, 0.5) is 0 Å². The first-order valence-electron chi connectivity index (χ1n) is 5.57. The van der Waals surface area contributed by atoms with Gasteiger partial charge in [-0.25, -0.2) is 0 Å². The van der Waals surface area contributed by atoms with Crippen molar-refractivity contribution < 1.29 is 0 Å². The Hall–Kier alpha value is -1.04. The fourth-order valence-corrected chi connectivity index (χ4v) is 2.26. The van der Waals surface area contributed by atoms with Crippen molar-refractivity contribution in [1.82, 2.24) is 0 Å². The van der Waals surface area contributed by atoms with E-state index in [1.807, 2.05) is 0 Å². The molecule has 1 aromatic rings. The summed E-state index contributed by atoms with van der Waals surface area (Å²) in [7, 11) is 0. The van der Waals surface area contributed by atoms with Crippen molar-refractivity contribution in [3.8, 4) is 0 Å². The molecule has 0 aliphatic heterocycles. The molecule has 0 fully saturated rings. The van der Waals surface area contributed by atoms with Crippen molar-refractivity contribution in [3.05, 3.63) is 47.5 Å². The molecule has 0 heterocycles. The van der Waals surface area contributed by atoms with Gasteiger partial charge in [-0.15, -0.1) is 0 Å². The summed E-state index contributed by atoms with van der Waals surface area (Å²) >= 11 is 0. The van der Waals surface area contributed by atoms with Gasteiger partial charge in [0, 0.05) is 0 Å². The van der Waals surface area contributed by atoms with E-state index in [-0.39, 0.29) is 0 Å². The number of hydrogen-bond acceptors (Lipinski definition) is 0. The lowest BCUT2D eigenvalue weighted by Gasteiger charge is -2.11. The molecule has 0 saturated carbocycles. The minimum atomic E-state index is 0.857. The maximum Gasteiger partial charge on any atom is -0.0200 e. The lowest BCUT2D eigenvalue weighted by Crippen LogP contribution is -1.99. The van der Waals surface area contributed by atoms with Crippen LogP contribution in [0.15, 0.2) is 42.0 Å². The molecule has 74 valence electrons. The molecule has 0 radical (unpaired) electrons. The first kappa shape index (κ1) is 9.51. The lowest BCUT2D eigenvalue weighted by molar-refractivity contribution is 0.554. The largest absolute Gasteiger partial charge is 0.0853 e. The van der Waals surface area contributed by atoms with Crippen LogP contribution in [0.3, 0.4) is 0 Å². The standard InChI is InChI=1S/C14H18/c1-12-6-5-9-14(12)11-10-13-7-3-2-4-8-13/h2-4,6-8,14H,5,9-11H2,1H3/t14-/m0/s1. The quantitative estimate of drug-likeness (QED) is 0.626. The summed E-state index contributed by atoms with van der Waals surface area (Å²) in [6.07, 6.45) is 7.63. The van der Waals surface area contributed by atoms with Crippen LogP contribution in [-0.2, 0) is 6.42 Å². The molecule has 1 aliphatic rings. The molecule has 0 heteroatoms. The second-order valence-electron chi connectivity index (χ2n) is 4.25. The Morgan fingerprint density at radius 3 is 2.64 bits per heavy atom. The monoisotopic (exact) mass is 186 g/mol. The molecule has 1 atom stereocenters. The molecule has 0 amide bonds. The Morgan fingerprint density at radius 1 is 1.21 bits per heavy atom. The molecule has 0 nitrogen and oxygen atoms in total. The van der Waals surface area contributed by atoms with Crippen LogP contribution < -0.4 is 0 Å². The highest BCUT2D eigenvalue weighted by atomic mass is 14.2. The summed E-state index contributed by atoms with van der Waals surface area (Å²) in [5, 5.41) is 0. The molecule has 0 aromatic heterocycles. The molecule has 0 bridgehead atoms. The first-order valence-corrected chi connectivity index (χ1v) is 5.57. The van der Waals surface area contributed by atoms with Gasteiger partial charge < -0.3 is 0 Å². The normalized spacial score (nSPS) is 20.9. The van der Waals surface area contributed by atoms with Crippen LogP contribution in [0.5, 0.6) is 0 Å². The zero-order valence-electron chi connectivity index (χ0n) is 8.87. The SMILES string of the molecule is CC1=CCC[C@H]1CCc1ccccc1. The predicted molar refractivity (Wildman–Crippen MR) is 61.2 cm³/mol. The topological polar surface area (TPSA) is 0 Å². The van der Waals surface area contributed by atoms with E-state index in [0.29, 0.717) is 0 Å². The van der Waals surface area contributed by atoms with Crippen molar-refractivity contribution >= 4 is 0 Å². The van der Waals surface area contributed by atoms with Crippen molar-refractivity contribution in [3.63, 3.8) is 0 Å². The smallest absolute Gasteiger partial charge is 0.0200 e. The lowest BCUT2D eigenvalue weighted by atomic mass is 9.94. The van der Waals surface area contributed by atoms with E-state index in [1.165, 1.54) is 31.2 Å². The van der Waals surface area contributed by atoms with Gasteiger partial charge in [-0.2, -0.15) is 0 Å². The molecule has 0 spiro atoms. The second-order valence-corrected chi connectivity index (χ2v) is 4.25. The summed E-state index contributed by atoms with van der Waals surface area (Å²) in [6, 6.07) is 10.8. The summed E-state index contributed by atoms with van der Waals surface area (Å²) in [5.74, 6) is 0.857. The van der Waals surface area contributed by atoms with Crippen LogP contribution in [-0.4, -0.2) is 0 Å². The Balaban J connectivity index is 1.86. The third-order valence-corrected chi connectivity index (χ3v) is 3.25. The highest BCUT2D eigenvalue weighted by molar-refractivity contribution is 5.16. The number of rotatable bonds is 3. The molecular formula is C14H18. The third kappa shape index (κ3) is 2.25.